The van der Waals surface area contributed by atoms with Crippen LogP contribution in [0.2, 0.25) is 0 Å². The molecule has 0 aliphatic carbocycles. The van der Waals surface area contributed by atoms with Crippen molar-refractivity contribution in [3.05, 3.63) is 47.0 Å². The second kappa shape index (κ2) is 4.53. The van der Waals surface area contributed by atoms with Crippen LogP contribution in [0.5, 0.6) is 0 Å². The van der Waals surface area contributed by atoms with Gasteiger partial charge in [0, 0.05) is 18.8 Å². The standard InChI is InChI=1S/C15H16FN3S/c16-11-3-1-9(2-4-11)12-14-13(18-15(20)17-12)10-5-7-19(14)8-6-10/h1-4,10,12H,5-8H2,(H2,17,18,20)/p+1/t12-/m1/s1. The average Bonchev–Trinajstić information content (AvgIpc) is 2.48. The maximum atomic E-state index is 13.1. The van der Waals surface area contributed by atoms with Gasteiger partial charge in [0.1, 0.15) is 11.9 Å². The van der Waals surface area contributed by atoms with Gasteiger partial charge in [-0.15, -0.1) is 0 Å². The molecule has 1 saturated heterocycles. The minimum absolute atomic E-state index is 0.0810. The quantitative estimate of drug-likeness (QED) is 0.670. The van der Waals surface area contributed by atoms with E-state index < -0.39 is 0 Å². The van der Waals surface area contributed by atoms with Gasteiger partial charge in [0.05, 0.1) is 18.8 Å². The molecule has 3 nitrogen and oxygen atoms in total. The molecule has 0 amide bonds. The zero-order valence-electron chi connectivity index (χ0n) is 11.1. The van der Waals surface area contributed by atoms with E-state index in [4.69, 9.17) is 12.2 Å². The van der Waals surface area contributed by atoms with E-state index in [1.807, 2.05) is 12.1 Å². The van der Waals surface area contributed by atoms with Crippen LogP contribution in [-0.2, 0) is 0 Å². The molecular weight excluding hydrogens is 273 g/mol. The zero-order valence-corrected chi connectivity index (χ0v) is 11.9. The van der Waals surface area contributed by atoms with Gasteiger partial charge in [0.25, 0.3) is 0 Å². The molecule has 1 atom stereocenters. The Morgan fingerprint density at radius 1 is 1.15 bits per heavy atom. The number of hydrogen-bond acceptors (Lipinski definition) is 1. The van der Waals surface area contributed by atoms with Crippen molar-refractivity contribution in [3.8, 4) is 0 Å². The lowest BCUT2D eigenvalue weighted by Crippen LogP contribution is -3.14. The van der Waals surface area contributed by atoms with Gasteiger partial charge in [-0.2, -0.15) is 0 Å². The highest BCUT2D eigenvalue weighted by atomic mass is 32.1. The first-order valence-corrected chi connectivity index (χ1v) is 7.55. The first-order valence-electron chi connectivity index (χ1n) is 7.14. The van der Waals surface area contributed by atoms with Crippen LogP contribution in [-0.4, -0.2) is 18.2 Å². The number of piperidine rings is 1. The van der Waals surface area contributed by atoms with Gasteiger partial charge in [0.15, 0.2) is 10.8 Å². The van der Waals surface area contributed by atoms with E-state index >= 15 is 0 Å². The number of nitrogens with one attached hydrogen (secondary N) is 3. The second-order valence-electron chi connectivity index (χ2n) is 5.79. The average molecular weight is 290 g/mol. The molecule has 4 aliphatic heterocycles. The Morgan fingerprint density at radius 3 is 2.55 bits per heavy atom. The van der Waals surface area contributed by atoms with Crippen LogP contribution < -0.4 is 15.5 Å². The summed E-state index contributed by atoms with van der Waals surface area (Å²) in [7, 11) is 0. The van der Waals surface area contributed by atoms with E-state index in [-0.39, 0.29) is 11.9 Å². The number of hydrogen-bond donors (Lipinski definition) is 3. The fraction of sp³-hybridized carbons (Fsp3) is 0.400. The van der Waals surface area contributed by atoms with Crippen LogP contribution >= 0.6 is 12.2 Å². The lowest BCUT2D eigenvalue weighted by molar-refractivity contribution is -0.875. The maximum absolute atomic E-state index is 13.1. The Labute approximate surface area is 122 Å². The van der Waals surface area contributed by atoms with Crippen molar-refractivity contribution in [2.24, 2.45) is 5.92 Å². The second-order valence-corrected chi connectivity index (χ2v) is 6.20. The van der Waals surface area contributed by atoms with Crippen LogP contribution in [0.3, 0.4) is 0 Å². The van der Waals surface area contributed by atoms with Gasteiger partial charge < -0.3 is 15.5 Å². The van der Waals surface area contributed by atoms with Crippen molar-refractivity contribution in [3.63, 3.8) is 0 Å². The van der Waals surface area contributed by atoms with Crippen molar-refractivity contribution >= 4 is 17.3 Å². The van der Waals surface area contributed by atoms with Crippen LogP contribution in [0.25, 0.3) is 0 Å². The number of fused-ring (bicyclic) bond motifs is 2. The molecule has 104 valence electrons. The van der Waals surface area contributed by atoms with Crippen LogP contribution in [0.15, 0.2) is 35.7 Å². The van der Waals surface area contributed by atoms with Gasteiger partial charge in [-0.25, -0.2) is 4.39 Å². The highest BCUT2D eigenvalue weighted by molar-refractivity contribution is 7.80. The lowest BCUT2D eigenvalue weighted by Gasteiger charge is -2.44. The number of allylic oxidation sites excluding steroid dienone is 1. The molecule has 1 aromatic carbocycles. The van der Waals surface area contributed by atoms with E-state index in [0.717, 1.165) is 5.56 Å². The fourth-order valence-electron chi connectivity index (χ4n) is 3.73. The normalized spacial score (nSPS) is 31.6. The van der Waals surface area contributed by atoms with Crippen LogP contribution in [0, 0.1) is 11.7 Å². The summed E-state index contributed by atoms with van der Waals surface area (Å²) in [5.74, 6) is 0.419. The Kier molecular flexibility index (Phi) is 2.79. The van der Waals surface area contributed by atoms with Crippen molar-refractivity contribution in [1.82, 2.24) is 10.6 Å². The largest absolute Gasteiger partial charge is 0.347 e. The van der Waals surface area contributed by atoms with Crippen molar-refractivity contribution in [1.29, 1.82) is 0 Å². The van der Waals surface area contributed by atoms with E-state index in [1.54, 1.807) is 4.90 Å². The topological polar surface area (TPSA) is 28.5 Å². The molecule has 20 heavy (non-hydrogen) atoms. The number of benzene rings is 1. The predicted octanol–water partition coefficient (Wildman–Crippen LogP) is 0.865. The summed E-state index contributed by atoms with van der Waals surface area (Å²) in [5, 5.41) is 7.41. The summed E-state index contributed by atoms with van der Waals surface area (Å²) < 4.78 is 13.1. The minimum atomic E-state index is -0.197. The van der Waals surface area contributed by atoms with E-state index in [0.29, 0.717) is 11.0 Å². The summed E-state index contributed by atoms with van der Waals surface area (Å²) >= 11 is 5.35. The Balaban J connectivity index is 1.80. The molecular formula is C15H17FN3S+. The first kappa shape index (κ1) is 12.3. The molecule has 0 radical (unpaired) electrons. The van der Waals surface area contributed by atoms with Gasteiger partial charge in [-0.1, -0.05) is 12.1 Å². The van der Waals surface area contributed by atoms with Crippen molar-refractivity contribution in [2.75, 3.05) is 13.1 Å². The summed E-state index contributed by atoms with van der Waals surface area (Å²) in [6.07, 6.45) is 2.47. The molecule has 0 spiro atoms. The molecule has 1 fully saturated rings. The maximum Gasteiger partial charge on any atom is 0.171 e. The van der Waals surface area contributed by atoms with Crippen molar-refractivity contribution < 1.29 is 9.29 Å². The molecule has 2 bridgehead atoms. The molecule has 1 aromatic rings. The molecule has 0 unspecified atom stereocenters. The SMILES string of the molecule is Fc1ccc([C@H]2NC(=S)NC3=C2[NH+]2CCC3CC2)cc1. The highest BCUT2D eigenvalue weighted by Gasteiger charge is 2.44. The Morgan fingerprint density at radius 2 is 1.85 bits per heavy atom. The highest BCUT2D eigenvalue weighted by Crippen LogP contribution is 2.33. The third-order valence-electron chi connectivity index (χ3n) is 4.68. The molecule has 0 aromatic heterocycles. The molecule has 4 heterocycles. The van der Waals surface area contributed by atoms with E-state index in [2.05, 4.69) is 10.6 Å². The molecule has 3 N–H and O–H groups in total. The third-order valence-corrected chi connectivity index (χ3v) is 4.90. The smallest absolute Gasteiger partial charge is 0.171 e. The summed E-state index contributed by atoms with van der Waals surface area (Å²) in [6, 6.07) is 6.84. The number of halogens is 1. The summed E-state index contributed by atoms with van der Waals surface area (Å²) in [5.41, 5.74) is 3.78. The van der Waals surface area contributed by atoms with Gasteiger partial charge >= 0.3 is 0 Å². The van der Waals surface area contributed by atoms with Gasteiger partial charge in [0.2, 0.25) is 0 Å². The lowest BCUT2D eigenvalue weighted by atomic mass is 9.83. The number of rotatable bonds is 1. The van der Waals surface area contributed by atoms with Gasteiger partial charge in [-0.05, 0) is 29.9 Å². The van der Waals surface area contributed by atoms with Crippen LogP contribution in [0.1, 0.15) is 24.4 Å². The van der Waals surface area contributed by atoms with E-state index in [9.17, 15) is 4.39 Å². The van der Waals surface area contributed by atoms with E-state index in [1.165, 1.54) is 49.5 Å². The Bertz CT molecular complexity index is 588. The Hall–Kier alpha value is -1.46. The summed E-state index contributed by atoms with van der Waals surface area (Å²) in [6.45, 7) is 2.38. The fourth-order valence-corrected chi connectivity index (χ4v) is 3.96. The number of quaternary nitrogens is 1. The van der Waals surface area contributed by atoms with Crippen LogP contribution in [0.4, 0.5) is 4.39 Å². The zero-order chi connectivity index (χ0) is 13.7. The molecule has 0 saturated carbocycles. The monoisotopic (exact) mass is 290 g/mol. The summed E-state index contributed by atoms with van der Waals surface area (Å²) in [4.78, 5) is 1.54. The van der Waals surface area contributed by atoms with Crippen molar-refractivity contribution in [2.45, 2.75) is 18.9 Å². The third kappa shape index (κ3) is 1.84. The molecule has 5 rings (SSSR count). The van der Waals surface area contributed by atoms with Gasteiger partial charge in [-0.3, -0.25) is 0 Å². The first-order chi connectivity index (χ1) is 9.72. The minimum Gasteiger partial charge on any atom is -0.347 e. The number of thiocarbonyl (C=S) groups is 1. The molecule has 5 heteroatoms. The molecule has 4 aliphatic rings. The predicted molar refractivity (Wildman–Crippen MR) is 78.5 cm³/mol.